The first-order valence-electron chi connectivity index (χ1n) is 6.02. The van der Waals surface area contributed by atoms with Crippen molar-refractivity contribution in [3.05, 3.63) is 41.5 Å². The van der Waals surface area contributed by atoms with Crippen LogP contribution < -0.4 is 5.73 Å². The molecule has 0 aromatic carbocycles. The van der Waals surface area contributed by atoms with E-state index < -0.39 is 0 Å². The summed E-state index contributed by atoms with van der Waals surface area (Å²) in [7, 11) is 0. The van der Waals surface area contributed by atoms with E-state index in [2.05, 4.69) is 10.1 Å². The van der Waals surface area contributed by atoms with Crippen molar-refractivity contribution in [1.29, 1.82) is 5.41 Å². The molecule has 0 amide bonds. The number of allylic oxidation sites excluding steroid dienone is 3. The van der Waals surface area contributed by atoms with Gasteiger partial charge in [-0.2, -0.15) is 5.10 Å². The second-order valence-corrected chi connectivity index (χ2v) is 4.46. The molecule has 0 aliphatic heterocycles. The molecule has 5 nitrogen and oxygen atoms in total. The molecule has 0 fully saturated rings. The highest BCUT2D eigenvalue weighted by atomic mass is 15.2. The Morgan fingerprint density at radius 3 is 2.68 bits per heavy atom. The van der Waals surface area contributed by atoms with Gasteiger partial charge in [-0.15, -0.1) is 0 Å². The molecule has 2 aromatic rings. The number of aromatic nitrogens is 3. The third kappa shape index (κ3) is 2.27. The van der Waals surface area contributed by atoms with Gasteiger partial charge in [-0.1, -0.05) is 11.6 Å². The number of hydrogen-bond donors (Lipinski definition) is 2. The van der Waals surface area contributed by atoms with Crippen molar-refractivity contribution in [3.8, 4) is 0 Å². The average Bonchev–Trinajstić information content (AvgIpc) is 2.82. The number of nitrogens with two attached hydrogens (primary N) is 1. The summed E-state index contributed by atoms with van der Waals surface area (Å²) in [6.07, 6.45) is 8.40. The molecule has 2 rings (SSSR count). The van der Waals surface area contributed by atoms with Crippen LogP contribution in [0.1, 0.15) is 32.0 Å². The third-order valence-corrected chi connectivity index (χ3v) is 3.00. The van der Waals surface area contributed by atoms with E-state index in [0.717, 1.165) is 33.6 Å². The van der Waals surface area contributed by atoms with Crippen molar-refractivity contribution in [2.75, 3.05) is 0 Å². The average molecular weight is 255 g/mol. The maximum Gasteiger partial charge on any atom is 0.0938 e. The summed E-state index contributed by atoms with van der Waals surface area (Å²) in [6, 6.07) is 0. The van der Waals surface area contributed by atoms with Crippen molar-refractivity contribution >= 4 is 23.0 Å². The van der Waals surface area contributed by atoms with Crippen LogP contribution in [0.2, 0.25) is 0 Å². The van der Waals surface area contributed by atoms with Crippen LogP contribution >= 0.6 is 0 Å². The summed E-state index contributed by atoms with van der Waals surface area (Å²) >= 11 is 0. The number of nitrogens with one attached hydrogen (secondary N) is 1. The van der Waals surface area contributed by atoms with Crippen LogP contribution in [0.5, 0.6) is 0 Å². The zero-order valence-corrected chi connectivity index (χ0v) is 11.3. The number of fused-ring (bicyclic) bond motifs is 1. The van der Waals surface area contributed by atoms with E-state index >= 15 is 0 Å². The molecule has 19 heavy (non-hydrogen) atoms. The molecule has 0 atom stereocenters. The highest BCUT2D eigenvalue weighted by Crippen LogP contribution is 2.19. The maximum atomic E-state index is 7.34. The predicted molar refractivity (Wildman–Crippen MR) is 77.9 cm³/mol. The summed E-state index contributed by atoms with van der Waals surface area (Å²) in [5.74, 6) is 0. The molecule has 0 radical (unpaired) electrons. The minimum absolute atomic E-state index is 0.718. The lowest BCUT2D eigenvalue weighted by Gasteiger charge is -2.04. The van der Waals surface area contributed by atoms with E-state index in [1.165, 1.54) is 6.21 Å². The summed E-state index contributed by atoms with van der Waals surface area (Å²) in [5, 5.41) is 11.6. The van der Waals surface area contributed by atoms with Crippen LogP contribution in [0.4, 0.5) is 0 Å². The molecule has 0 aliphatic carbocycles. The normalized spacial score (nSPS) is 11.6. The molecular formula is C14H17N5. The van der Waals surface area contributed by atoms with Gasteiger partial charge in [-0.05, 0) is 20.8 Å². The van der Waals surface area contributed by atoms with E-state index in [0.29, 0.717) is 0 Å². The Kier molecular flexibility index (Phi) is 3.46. The lowest BCUT2D eigenvalue weighted by Crippen LogP contribution is -2.00. The van der Waals surface area contributed by atoms with Crippen molar-refractivity contribution in [2.45, 2.75) is 20.8 Å². The van der Waals surface area contributed by atoms with Gasteiger partial charge < -0.3 is 11.1 Å². The molecule has 0 bridgehead atoms. The predicted octanol–water partition coefficient (Wildman–Crippen LogP) is 2.49. The first kappa shape index (κ1) is 13.0. The Morgan fingerprint density at radius 1 is 1.37 bits per heavy atom. The van der Waals surface area contributed by atoms with Crippen molar-refractivity contribution < 1.29 is 0 Å². The molecular weight excluding hydrogens is 238 g/mol. The topological polar surface area (TPSA) is 80.1 Å². The lowest BCUT2D eigenvalue weighted by molar-refractivity contribution is 0.940. The van der Waals surface area contributed by atoms with E-state index in [1.807, 2.05) is 26.8 Å². The van der Waals surface area contributed by atoms with Gasteiger partial charge in [-0.25, -0.2) is 4.52 Å². The minimum Gasteiger partial charge on any atom is -0.398 e. The first-order chi connectivity index (χ1) is 9.08. The third-order valence-electron chi connectivity index (χ3n) is 3.00. The Balaban J connectivity index is 2.60. The van der Waals surface area contributed by atoms with Gasteiger partial charge in [0, 0.05) is 23.0 Å². The summed E-state index contributed by atoms with van der Waals surface area (Å²) in [4.78, 5) is 4.36. The highest BCUT2D eigenvalue weighted by molar-refractivity contribution is 6.07. The molecule has 0 saturated carbocycles. The Labute approximate surface area is 112 Å². The fourth-order valence-electron chi connectivity index (χ4n) is 1.81. The Morgan fingerprint density at radius 2 is 2.11 bits per heavy atom. The fraction of sp³-hybridized carbons (Fsp3) is 0.214. The Hall–Kier alpha value is -2.43. The highest BCUT2D eigenvalue weighted by Gasteiger charge is 2.09. The molecule has 3 N–H and O–H groups in total. The zero-order valence-electron chi connectivity index (χ0n) is 11.3. The van der Waals surface area contributed by atoms with Crippen LogP contribution in [0, 0.1) is 5.41 Å². The van der Waals surface area contributed by atoms with Gasteiger partial charge >= 0.3 is 0 Å². The molecule has 0 saturated heterocycles. The second-order valence-electron chi connectivity index (χ2n) is 4.46. The molecule has 0 spiro atoms. The standard InChI is InChI=1S/C14H17N5/c1-4-10(5-15)12-8-19-13(7-17-12)11(6-18-19)14(16)9(2)3/h4-8,15H,16H2,1-3H3/b10-4+,15-5?. The second kappa shape index (κ2) is 5.06. The van der Waals surface area contributed by atoms with Crippen molar-refractivity contribution in [3.63, 3.8) is 0 Å². The van der Waals surface area contributed by atoms with Gasteiger partial charge in [0.2, 0.25) is 0 Å². The smallest absolute Gasteiger partial charge is 0.0938 e. The quantitative estimate of drug-likeness (QED) is 0.827. The summed E-state index contributed by atoms with van der Waals surface area (Å²) in [5.41, 5.74) is 11.0. The van der Waals surface area contributed by atoms with E-state index in [-0.39, 0.29) is 0 Å². The Bertz CT molecular complexity index is 687. The first-order valence-corrected chi connectivity index (χ1v) is 6.02. The van der Waals surface area contributed by atoms with E-state index in [1.54, 1.807) is 23.1 Å². The van der Waals surface area contributed by atoms with Crippen LogP contribution in [0.3, 0.4) is 0 Å². The van der Waals surface area contributed by atoms with Gasteiger partial charge in [0.15, 0.2) is 0 Å². The number of nitrogens with zero attached hydrogens (tertiary/aromatic N) is 3. The van der Waals surface area contributed by atoms with Crippen LogP contribution in [0.25, 0.3) is 16.8 Å². The van der Waals surface area contributed by atoms with Gasteiger partial charge in [0.25, 0.3) is 0 Å². The number of hydrogen-bond acceptors (Lipinski definition) is 4. The van der Waals surface area contributed by atoms with Crippen molar-refractivity contribution in [1.82, 2.24) is 14.6 Å². The molecule has 5 heteroatoms. The summed E-state index contributed by atoms with van der Waals surface area (Å²) in [6.45, 7) is 5.81. The summed E-state index contributed by atoms with van der Waals surface area (Å²) < 4.78 is 1.74. The van der Waals surface area contributed by atoms with E-state index in [4.69, 9.17) is 11.1 Å². The van der Waals surface area contributed by atoms with Crippen molar-refractivity contribution in [2.24, 2.45) is 5.73 Å². The van der Waals surface area contributed by atoms with Gasteiger partial charge in [-0.3, -0.25) is 4.98 Å². The van der Waals surface area contributed by atoms with Gasteiger partial charge in [0.1, 0.15) is 0 Å². The van der Waals surface area contributed by atoms with Crippen LogP contribution in [0.15, 0.2) is 30.2 Å². The molecule has 0 aliphatic rings. The van der Waals surface area contributed by atoms with Crippen LogP contribution in [-0.4, -0.2) is 20.8 Å². The molecule has 0 unspecified atom stereocenters. The molecule has 2 heterocycles. The fourth-order valence-corrected chi connectivity index (χ4v) is 1.81. The maximum absolute atomic E-state index is 7.34. The SMILES string of the molecule is C/C=C(\C=N)c1cn2ncc(C(N)=C(C)C)c2cn1. The van der Waals surface area contributed by atoms with Gasteiger partial charge in [0.05, 0.1) is 29.8 Å². The lowest BCUT2D eigenvalue weighted by atomic mass is 10.1. The number of rotatable bonds is 3. The molecule has 2 aromatic heterocycles. The monoisotopic (exact) mass is 255 g/mol. The zero-order chi connectivity index (χ0) is 14.0. The van der Waals surface area contributed by atoms with Crippen LogP contribution in [-0.2, 0) is 0 Å². The molecule has 98 valence electrons. The minimum atomic E-state index is 0.718. The van der Waals surface area contributed by atoms with E-state index in [9.17, 15) is 0 Å². The largest absolute Gasteiger partial charge is 0.398 e.